The van der Waals surface area contributed by atoms with Crippen molar-refractivity contribution in [1.29, 1.82) is 0 Å². The average molecular weight is 507 g/mol. The second-order valence-electron chi connectivity index (χ2n) is 10.4. The van der Waals surface area contributed by atoms with Crippen molar-refractivity contribution in [2.75, 3.05) is 14.2 Å². The van der Waals surface area contributed by atoms with Gasteiger partial charge in [0.1, 0.15) is 6.10 Å². The lowest BCUT2D eigenvalue weighted by atomic mass is 9.64. The van der Waals surface area contributed by atoms with Crippen LogP contribution >= 0.6 is 0 Å². The highest BCUT2D eigenvalue weighted by molar-refractivity contribution is 5.96. The van der Waals surface area contributed by atoms with E-state index in [9.17, 15) is 14.4 Å². The van der Waals surface area contributed by atoms with Gasteiger partial charge in [0, 0.05) is 17.9 Å². The van der Waals surface area contributed by atoms with Gasteiger partial charge in [-0.2, -0.15) is 0 Å². The Labute approximate surface area is 220 Å². The maximum absolute atomic E-state index is 13.1. The Hall–Kier alpha value is -3.41. The van der Waals surface area contributed by atoms with Crippen LogP contribution < -0.4 is 0 Å². The molecule has 0 aliphatic heterocycles. The molecule has 198 valence electrons. The number of hydrogen-bond acceptors (Lipinski definition) is 6. The molecule has 1 saturated carbocycles. The lowest BCUT2D eigenvalue weighted by Gasteiger charge is -2.43. The van der Waals surface area contributed by atoms with E-state index in [2.05, 4.69) is 32.9 Å². The first-order valence-electron chi connectivity index (χ1n) is 12.8. The smallest absolute Gasteiger partial charge is 0.330 e. The van der Waals surface area contributed by atoms with Gasteiger partial charge in [0.2, 0.25) is 0 Å². The SMILES string of the molecule is COC(=O)C(C(=O)OC)[C@H](/C=C/C(=O)O[C@@H]1C[C@H](C)CC[C@H]1C(C)(C)c1ccccc1)c1ccccc1. The minimum Gasteiger partial charge on any atom is -0.468 e. The number of esters is 3. The Kier molecular flexibility index (Phi) is 9.67. The van der Waals surface area contributed by atoms with Crippen molar-refractivity contribution in [3.8, 4) is 0 Å². The predicted octanol–water partition coefficient (Wildman–Crippen LogP) is 5.61. The summed E-state index contributed by atoms with van der Waals surface area (Å²) < 4.78 is 15.8. The third-order valence-corrected chi connectivity index (χ3v) is 7.66. The van der Waals surface area contributed by atoms with Gasteiger partial charge in [-0.1, -0.05) is 93.9 Å². The molecule has 0 unspecified atom stereocenters. The van der Waals surface area contributed by atoms with Gasteiger partial charge in [-0.15, -0.1) is 0 Å². The van der Waals surface area contributed by atoms with Gasteiger partial charge < -0.3 is 14.2 Å². The van der Waals surface area contributed by atoms with Gasteiger partial charge in [0.15, 0.2) is 5.92 Å². The molecular formula is C31H38O6. The zero-order valence-corrected chi connectivity index (χ0v) is 22.4. The molecule has 37 heavy (non-hydrogen) atoms. The van der Waals surface area contributed by atoms with Gasteiger partial charge in [-0.25, -0.2) is 4.79 Å². The molecule has 1 aliphatic rings. The van der Waals surface area contributed by atoms with Crippen molar-refractivity contribution in [3.05, 3.63) is 83.9 Å². The molecule has 2 aromatic rings. The van der Waals surface area contributed by atoms with Crippen LogP contribution in [0.15, 0.2) is 72.8 Å². The van der Waals surface area contributed by atoms with E-state index < -0.39 is 29.7 Å². The van der Waals surface area contributed by atoms with Crippen LogP contribution in [0.4, 0.5) is 0 Å². The Morgan fingerprint density at radius 3 is 2.03 bits per heavy atom. The van der Waals surface area contributed by atoms with E-state index in [4.69, 9.17) is 14.2 Å². The normalized spacial score (nSPS) is 20.9. The third kappa shape index (κ3) is 6.88. The van der Waals surface area contributed by atoms with E-state index >= 15 is 0 Å². The van der Waals surface area contributed by atoms with Crippen LogP contribution in [-0.2, 0) is 34.0 Å². The first-order valence-corrected chi connectivity index (χ1v) is 12.8. The van der Waals surface area contributed by atoms with Crippen molar-refractivity contribution in [2.24, 2.45) is 17.8 Å². The van der Waals surface area contributed by atoms with E-state index in [-0.39, 0.29) is 17.4 Å². The molecule has 6 heteroatoms. The Bertz CT molecular complexity index is 1060. The molecule has 1 fully saturated rings. The summed E-state index contributed by atoms with van der Waals surface area (Å²) in [5.41, 5.74) is 1.72. The van der Waals surface area contributed by atoms with Gasteiger partial charge >= 0.3 is 17.9 Å². The molecule has 0 spiro atoms. The van der Waals surface area contributed by atoms with Crippen molar-refractivity contribution in [2.45, 2.75) is 57.5 Å². The summed E-state index contributed by atoms with van der Waals surface area (Å²) in [5.74, 6) is -3.36. The summed E-state index contributed by atoms with van der Waals surface area (Å²) in [7, 11) is 2.44. The van der Waals surface area contributed by atoms with Crippen LogP contribution in [0.2, 0.25) is 0 Å². The second kappa shape index (κ2) is 12.7. The fraction of sp³-hybridized carbons (Fsp3) is 0.452. The first-order chi connectivity index (χ1) is 17.7. The number of ether oxygens (including phenoxy) is 3. The van der Waals surface area contributed by atoms with Crippen LogP contribution in [0.25, 0.3) is 0 Å². The van der Waals surface area contributed by atoms with E-state index in [1.165, 1.54) is 25.9 Å². The van der Waals surface area contributed by atoms with Gasteiger partial charge in [0.05, 0.1) is 14.2 Å². The van der Waals surface area contributed by atoms with E-state index in [0.29, 0.717) is 11.5 Å². The van der Waals surface area contributed by atoms with Gasteiger partial charge in [0.25, 0.3) is 0 Å². The number of rotatable bonds is 9. The maximum Gasteiger partial charge on any atom is 0.330 e. The molecule has 4 atom stereocenters. The molecule has 0 radical (unpaired) electrons. The third-order valence-electron chi connectivity index (χ3n) is 7.66. The van der Waals surface area contributed by atoms with Crippen LogP contribution in [0.3, 0.4) is 0 Å². The summed E-state index contributed by atoms with van der Waals surface area (Å²) in [6.45, 7) is 6.61. The van der Waals surface area contributed by atoms with Crippen LogP contribution in [-0.4, -0.2) is 38.2 Å². The fourth-order valence-corrected chi connectivity index (χ4v) is 5.47. The molecule has 0 saturated heterocycles. The largest absolute Gasteiger partial charge is 0.468 e. The molecule has 6 nitrogen and oxygen atoms in total. The minimum absolute atomic E-state index is 0.159. The first kappa shape index (κ1) is 28.2. The highest BCUT2D eigenvalue weighted by Crippen LogP contribution is 2.43. The predicted molar refractivity (Wildman–Crippen MR) is 142 cm³/mol. The average Bonchev–Trinajstić information content (AvgIpc) is 2.91. The number of benzene rings is 2. The quantitative estimate of drug-likeness (QED) is 0.190. The lowest BCUT2D eigenvalue weighted by Crippen LogP contribution is -2.43. The van der Waals surface area contributed by atoms with E-state index in [1.807, 2.05) is 24.3 Å². The molecular weight excluding hydrogens is 468 g/mol. The highest BCUT2D eigenvalue weighted by Gasteiger charge is 2.42. The minimum atomic E-state index is -1.25. The van der Waals surface area contributed by atoms with Crippen LogP contribution in [0.1, 0.15) is 57.1 Å². The van der Waals surface area contributed by atoms with Gasteiger partial charge in [-0.05, 0) is 35.3 Å². The molecule has 0 aromatic heterocycles. The summed E-state index contributed by atoms with van der Waals surface area (Å²) in [4.78, 5) is 38.2. The summed E-state index contributed by atoms with van der Waals surface area (Å²) in [5, 5.41) is 0. The molecule has 3 rings (SSSR count). The molecule has 0 bridgehead atoms. The number of methoxy groups -OCH3 is 2. The summed E-state index contributed by atoms with van der Waals surface area (Å²) >= 11 is 0. The summed E-state index contributed by atoms with van der Waals surface area (Å²) in [6, 6.07) is 19.4. The Balaban J connectivity index is 1.86. The maximum atomic E-state index is 13.1. The molecule has 0 amide bonds. The number of allylic oxidation sites excluding steroid dienone is 1. The van der Waals surface area contributed by atoms with Crippen molar-refractivity contribution in [1.82, 2.24) is 0 Å². The number of carbonyl (C=O) groups excluding carboxylic acids is 3. The lowest BCUT2D eigenvalue weighted by molar-refractivity contribution is -0.159. The second-order valence-corrected chi connectivity index (χ2v) is 10.4. The molecule has 2 aromatic carbocycles. The fourth-order valence-electron chi connectivity index (χ4n) is 5.47. The van der Waals surface area contributed by atoms with E-state index in [0.717, 1.165) is 19.3 Å². The standard InChI is InChI=1S/C31H38O6/c1-21-16-18-25(31(2,3)23-14-10-7-11-15-23)26(20-21)37-27(32)19-17-24(22-12-8-6-9-13-22)28(29(33)35-4)30(34)36-5/h6-15,17,19,21,24-26,28H,16,18,20H2,1-5H3/b19-17+/t21-,24-,25-,26-/m1/s1. The van der Waals surface area contributed by atoms with Gasteiger partial charge in [-0.3, -0.25) is 9.59 Å². The molecule has 1 aliphatic carbocycles. The monoisotopic (exact) mass is 506 g/mol. The zero-order valence-electron chi connectivity index (χ0n) is 22.4. The number of hydrogen-bond donors (Lipinski definition) is 0. The van der Waals surface area contributed by atoms with Crippen LogP contribution in [0, 0.1) is 17.8 Å². The Morgan fingerprint density at radius 2 is 1.46 bits per heavy atom. The zero-order chi connectivity index (χ0) is 27.0. The van der Waals surface area contributed by atoms with Crippen molar-refractivity contribution < 1.29 is 28.6 Å². The van der Waals surface area contributed by atoms with E-state index in [1.54, 1.807) is 30.3 Å². The Morgan fingerprint density at radius 1 is 0.892 bits per heavy atom. The topological polar surface area (TPSA) is 78.9 Å². The number of carbonyl (C=O) groups is 3. The molecule has 0 N–H and O–H groups in total. The van der Waals surface area contributed by atoms with Crippen LogP contribution in [0.5, 0.6) is 0 Å². The molecule has 0 heterocycles. The summed E-state index contributed by atoms with van der Waals surface area (Å²) in [6.07, 6.45) is 5.45. The highest BCUT2D eigenvalue weighted by atomic mass is 16.5. The van der Waals surface area contributed by atoms with Crippen molar-refractivity contribution in [3.63, 3.8) is 0 Å². The van der Waals surface area contributed by atoms with Crippen molar-refractivity contribution >= 4 is 17.9 Å².